The summed E-state index contributed by atoms with van der Waals surface area (Å²) in [7, 11) is 0. The minimum Gasteiger partial charge on any atom is -0.478 e. The maximum atomic E-state index is 12.1. The number of benzene rings is 2. The molecule has 2 aromatic carbocycles. The molecule has 25 heavy (non-hydrogen) atoms. The Bertz CT molecular complexity index is 915. The molecule has 1 aliphatic rings. The summed E-state index contributed by atoms with van der Waals surface area (Å²) in [6.07, 6.45) is 1.72. The third kappa shape index (κ3) is 3.97. The monoisotopic (exact) mass is 352 g/mol. The molecule has 1 heterocycles. The van der Waals surface area contributed by atoms with Crippen LogP contribution in [0.5, 0.6) is 0 Å². The molecule has 1 amide bonds. The van der Waals surface area contributed by atoms with Crippen molar-refractivity contribution in [3.05, 3.63) is 69.6 Å². The molecule has 0 radical (unpaired) electrons. The highest BCUT2D eigenvalue weighted by Crippen LogP contribution is 2.29. The van der Waals surface area contributed by atoms with Crippen LogP contribution in [-0.4, -0.2) is 22.2 Å². The van der Waals surface area contributed by atoms with Crippen LogP contribution < -0.4 is 5.32 Å². The number of nitrogens with one attached hydrogen (secondary N) is 1. The van der Waals surface area contributed by atoms with Gasteiger partial charge in [0, 0.05) is 0 Å². The Balaban J connectivity index is 1.83. The van der Waals surface area contributed by atoms with Crippen molar-refractivity contribution < 1.29 is 14.7 Å². The molecule has 0 atom stereocenters. The highest BCUT2D eigenvalue weighted by atomic mass is 32.2. The first-order valence-electron chi connectivity index (χ1n) is 7.62. The molecule has 0 aromatic heterocycles. The van der Waals surface area contributed by atoms with E-state index in [9.17, 15) is 9.59 Å². The molecule has 3 rings (SSSR count). The fourth-order valence-electron chi connectivity index (χ4n) is 2.30. The standard InChI is InChI=1S/C19H16N2O3S/c1-11-3-4-12(2)15(9-11)20-19-21-17(22)16(25-19)10-13-5-7-14(8-6-13)18(23)24/h3-10H,1-2H3,(H,23,24)(H,20,21,22)/b16-10-. The molecule has 5 nitrogen and oxygen atoms in total. The van der Waals surface area contributed by atoms with Gasteiger partial charge >= 0.3 is 5.97 Å². The van der Waals surface area contributed by atoms with Crippen LogP contribution in [0.15, 0.2) is 52.4 Å². The van der Waals surface area contributed by atoms with Crippen molar-refractivity contribution >= 4 is 40.6 Å². The van der Waals surface area contributed by atoms with E-state index in [-0.39, 0.29) is 11.5 Å². The molecular formula is C19H16N2O3S. The summed E-state index contributed by atoms with van der Waals surface area (Å²) >= 11 is 1.27. The lowest BCUT2D eigenvalue weighted by Crippen LogP contribution is -2.19. The highest BCUT2D eigenvalue weighted by Gasteiger charge is 2.24. The summed E-state index contributed by atoms with van der Waals surface area (Å²) in [4.78, 5) is 28.1. The first-order chi connectivity index (χ1) is 11.9. The van der Waals surface area contributed by atoms with Gasteiger partial charge in [0.15, 0.2) is 5.17 Å². The van der Waals surface area contributed by atoms with E-state index in [4.69, 9.17) is 5.11 Å². The summed E-state index contributed by atoms with van der Waals surface area (Å²) in [5, 5.41) is 12.2. The van der Waals surface area contributed by atoms with Crippen LogP contribution in [0.4, 0.5) is 5.69 Å². The molecule has 1 aliphatic heterocycles. The number of carboxylic acids is 1. The second-order valence-electron chi connectivity index (χ2n) is 5.70. The van der Waals surface area contributed by atoms with Crippen molar-refractivity contribution in [2.24, 2.45) is 4.99 Å². The second kappa shape index (κ2) is 6.94. The van der Waals surface area contributed by atoms with Gasteiger partial charge in [-0.25, -0.2) is 9.79 Å². The van der Waals surface area contributed by atoms with Crippen molar-refractivity contribution in [1.29, 1.82) is 0 Å². The van der Waals surface area contributed by atoms with Crippen LogP contribution in [0.1, 0.15) is 27.0 Å². The lowest BCUT2D eigenvalue weighted by atomic mass is 10.1. The Morgan fingerprint density at radius 1 is 1.16 bits per heavy atom. The Morgan fingerprint density at radius 3 is 2.56 bits per heavy atom. The fourth-order valence-corrected chi connectivity index (χ4v) is 3.14. The van der Waals surface area contributed by atoms with Gasteiger partial charge in [0.2, 0.25) is 0 Å². The largest absolute Gasteiger partial charge is 0.478 e. The van der Waals surface area contributed by atoms with Crippen molar-refractivity contribution in [3.8, 4) is 0 Å². The van der Waals surface area contributed by atoms with Crippen LogP contribution in [0.3, 0.4) is 0 Å². The van der Waals surface area contributed by atoms with Crippen molar-refractivity contribution in [2.75, 3.05) is 0 Å². The minimum atomic E-state index is -0.977. The maximum absolute atomic E-state index is 12.1. The normalized spacial score (nSPS) is 17.1. The lowest BCUT2D eigenvalue weighted by molar-refractivity contribution is -0.115. The number of aromatic carboxylic acids is 1. The number of nitrogens with zero attached hydrogens (tertiary/aromatic N) is 1. The van der Waals surface area contributed by atoms with Gasteiger partial charge in [0.1, 0.15) is 0 Å². The van der Waals surface area contributed by atoms with E-state index in [2.05, 4.69) is 10.3 Å². The lowest BCUT2D eigenvalue weighted by Gasteiger charge is -2.02. The van der Waals surface area contributed by atoms with Crippen LogP contribution in [0.25, 0.3) is 6.08 Å². The summed E-state index contributed by atoms with van der Waals surface area (Å²) in [5.74, 6) is -1.19. The summed E-state index contributed by atoms with van der Waals surface area (Å²) in [6.45, 7) is 3.97. The number of carbonyl (C=O) groups excluding carboxylic acids is 1. The van der Waals surface area contributed by atoms with Crippen LogP contribution in [-0.2, 0) is 4.79 Å². The number of amidine groups is 1. The first-order valence-corrected chi connectivity index (χ1v) is 8.44. The average molecular weight is 352 g/mol. The van der Waals surface area contributed by atoms with Crippen LogP contribution in [0.2, 0.25) is 0 Å². The number of carbonyl (C=O) groups is 2. The smallest absolute Gasteiger partial charge is 0.335 e. The predicted molar refractivity (Wildman–Crippen MR) is 100 cm³/mol. The SMILES string of the molecule is Cc1ccc(C)c(N=C2NC(=O)/C(=C/c3ccc(C(=O)O)cc3)S2)c1. The third-order valence-electron chi connectivity index (χ3n) is 3.69. The predicted octanol–water partition coefficient (Wildman–Crippen LogP) is 3.89. The number of rotatable bonds is 3. The summed E-state index contributed by atoms with van der Waals surface area (Å²) in [5.41, 5.74) is 3.94. The van der Waals surface area contributed by atoms with Gasteiger partial charge in [-0.2, -0.15) is 0 Å². The van der Waals surface area contributed by atoms with E-state index in [1.54, 1.807) is 18.2 Å². The minimum absolute atomic E-state index is 0.211. The zero-order valence-electron chi connectivity index (χ0n) is 13.7. The number of aliphatic imine (C=N–C) groups is 1. The second-order valence-corrected chi connectivity index (χ2v) is 6.73. The molecule has 0 unspecified atom stereocenters. The molecule has 2 N–H and O–H groups in total. The molecule has 126 valence electrons. The molecule has 0 spiro atoms. The van der Waals surface area contributed by atoms with Gasteiger partial charge in [-0.1, -0.05) is 24.3 Å². The quantitative estimate of drug-likeness (QED) is 0.821. The summed E-state index contributed by atoms with van der Waals surface area (Å²) < 4.78 is 0. The topological polar surface area (TPSA) is 78.8 Å². The zero-order valence-corrected chi connectivity index (χ0v) is 14.6. The third-order valence-corrected chi connectivity index (χ3v) is 4.60. The Kier molecular flexibility index (Phi) is 4.72. The number of thioether (sulfide) groups is 1. The molecule has 6 heteroatoms. The molecule has 0 bridgehead atoms. The maximum Gasteiger partial charge on any atom is 0.335 e. The van der Waals surface area contributed by atoms with Gasteiger partial charge in [0.25, 0.3) is 5.91 Å². The zero-order chi connectivity index (χ0) is 18.0. The number of carboxylic acid groups (broad SMARTS) is 1. The first kappa shape index (κ1) is 17.0. The van der Waals surface area contributed by atoms with E-state index in [0.717, 1.165) is 22.4 Å². The molecular weight excluding hydrogens is 336 g/mol. The van der Waals surface area contributed by atoms with Gasteiger partial charge in [-0.05, 0) is 66.6 Å². The van der Waals surface area contributed by atoms with E-state index in [1.807, 2.05) is 32.0 Å². The van der Waals surface area contributed by atoms with Gasteiger partial charge in [-0.15, -0.1) is 0 Å². The number of aryl methyl sites for hydroxylation is 2. The molecule has 0 saturated carbocycles. The average Bonchev–Trinajstić information content (AvgIpc) is 2.91. The van der Waals surface area contributed by atoms with Gasteiger partial charge in [-0.3, -0.25) is 4.79 Å². The van der Waals surface area contributed by atoms with E-state index < -0.39 is 5.97 Å². The van der Waals surface area contributed by atoms with E-state index in [0.29, 0.717) is 10.1 Å². The van der Waals surface area contributed by atoms with Gasteiger partial charge < -0.3 is 10.4 Å². The van der Waals surface area contributed by atoms with Crippen molar-refractivity contribution in [3.63, 3.8) is 0 Å². The highest BCUT2D eigenvalue weighted by molar-refractivity contribution is 8.18. The van der Waals surface area contributed by atoms with Crippen molar-refractivity contribution in [1.82, 2.24) is 5.32 Å². The van der Waals surface area contributed by atoms with Crippen LogP contribution >= 0.6 is 11.8 Å². The molecule has 2 aromatic rings. The Labute approximate surface area is 149 Å². The van der Waals surface area contributed by atoms with E-state index in [1.165, 1.54) is 23.9 Å². The van der Waals surface area contributed by atoms with Crippen molar-refractivity contribution in [2.45, 2.75) is 13.8 Å². The molecule has 1 saturated heterocycles. The Hall–Kier alpha value is -2.86. The number of hydrogen-bond acceptors (Lipinski definition) is 4. The molecule has 0 aliphatic carbocycles. The van der Waals surface area contributed by atoms with E-state index >= 15 is 0 Å². The van der Waals surface area contributed by atoms with Gasteiger partial charge in [0.05, 0.1) is 16.2 Å². The fraction of sp³-hybridized carbons (Fsp3) is 0.105. The number of hydrogen-bond donors (Lipinski definition) is 2. The van der Waals surface area contributed by atoms with Crippen LogP contribution in [0, 0.1) is 13.8 Å². The summed E-state index contributed by atoms with van der Waals surface area (Å²) in [6, 6.07) is 12.4. The number of amides is 1. The molecule has 1 fully saturated rings. The Morgan fingerprint density at radius 2 is 1.88 bits per heavy atom.